The summed E-state index contributed by atoms with van der Waals surface area (Å²) < 4.78 is 31.9. The van der Waals surface area contributed by atoms with Crippen LogP contribution in [0.25, 0.3) is 0 Å². The highest BCUT2D eigenvalue weighted by molar-refractivity contribution is 7.89. The van der Waals surface area contributed by atoms with Gasteiger partial charge in [0.15, 0.2) is 0 Å². The maximum Gasteiger partial charge on any atom is 0.341 e. The van der Waals surface area contributed by atoms with Crippen LogP contribution in [0.1, 0.15) is 54.3 Å². The van der Waals surface area contributed by atoms with Crippen molar-refractivity contribution < 1.29 is 22.7 Å². The molecular weight excluding hydrogens is 412 g/mol. The molecule has 0 bridgehead atoms. The summed E-state index contributed by atoms with van der Waals surface area (Å²) in [5, 5.41) is 4.76. The van der Waals surface area contributed by atoms with E-state index in [-0.39, 0.29) is 11.5 Å². The molecule has 9 heteroatoms. The first-order chi connectivity index (χ1) is 13.8. The Bertz CT molecular complexity index is 936. The molecule has 1 N–H and O–H groups in total. The van der Waals surface area contributed by atoms with Crippen LogP contribution in [0.4, 0.5) is 5.00 Å². The Morgan fingerprint density at radius 1 is 1.10 bits per heavy atom. The van der Waals surface area contributed by atoms with Gasteiger partial charge in [0.2, 0.25) is 10.0 Å². The summed E-state index contributed by atoms with van der Waals surface area (Å²) in [6, 6.07) is 7.38. The molecule has 2 rings (SSSR count). The Balaban J connectivity index is 2.15. The number of carbonyl (C=O) groups excluding carboxylic acids is 2. The van der Waals surface area contributed by atoms with Crippen LogP contribution in [0.3, 0.4) is 0 Å². The van der Waals surface area contributed by atoms with Gasteiger partial charge in [-0.2, -0.15) is 4.31 Å². The molecule has 0 radical (unpaired) electrons. The third-order valence-electron chi connectivity index (χ3n) is 4.26. The number of rotatable bonds is 10. The van der Waals surface area contributed by atoms with Crippen molar-refractivity contribution in [3.8, 4) is 0 Å². The average molecular weight is 439 g/mol. The van der Waals surface area contributed by atoms with E-state index in [0.717, 1.165) is 12.8 Å². The molecule has 0 saturated heterocycles. The van der Waals surface area contributed by atoms with E-state index in [1.807, 2.05) is 6.92 Å². The Morgan fingerprint density at radius 3 is 2.38 bits per heavy atom. The molecule has 0 aliphatic carbocycles. The summed E-state index contributed by atoms with van der Waals surface area (Å²) >= 11 is 1.21. The number of nitrogens with zero attached hydrogens (tertiary/aromatic N) is 1. The molecule has 158 valence electrons. The molecule has 0 spiro atoms. The predicted molar refractivity (Wildman–Crippen MR) is 114 cm³/mol. The molecule has 1 aromatic carbocycles. The first-order valence-electron chi connectivity index (χ1n) is 9.51. The number of sulfonamides is 1. The van der Waals surface area contributed by atoms with Crippen molar-refractivity contribution in [2.24, 2.45) is 0 Å². The molecule has 0 unspecified atom stereocenters. The zero-order valence-electron chi connectivity index (χ0n) is 16.8. The van der Waals surface area contributed by atoms with Crippen LogP contribution in [0.2, 0.25) is 0 Å². The van der Waals surface area contributed by atoms with Crippen LogP contribution in [0, 0.1) is 0 Å². The van der Waals surface area contributed by atoms with E-state index >= 15 is 0 Å². The van der Waals surface area contributed by atoms with Gasteiger partial charge in [-0.15, -0.1) is 11.3 Å². The minimum Gasteiger partial charge on any atom is -0.462 e. The van der Waals surface area contributed by atoms with E-state index in [1.54, 1.807) is 25.3 Å². The number of carbonyl (C=O) groups is 2. The number of nitrogens with one attached hydrogen (secondary N) is 1. The molecule has 29 heavy (non-hydrogen) atoms. The third-order valence-corrected chi connectivity index (χ3v) is 7.07. The largest absolute Gasteiger partial charge is 0.462 e. The van der Waals surface area contributed by atoms with Crippen molar-refractivity contribution in [2.75, 3.05) is 25.0 Å². The van der Waals surface area contributed by atoms with Crippen LogP contribution < -0.4 is 5.32 Å². The Labute approximate surface area is 175 Å². The van der Waals surface area contributed by atoms with Gasteiger partial charge in [0, 0.05) is 18.7 Å². The van der Waals surface area contributed by atoms with Crippen LogP contribution >= 0.6 is 11.3 Å². The molecule has 1 amide bonds. The maximum atomic E-state index is 12.8. The second-order valence-electron chi connectivity index (χ2n) is 6.21. The first-order valence-corrected chi connectivity index (χ1v) is 11.8. The van der Waals surface area contributed by atoms with Crippen molar-refractivity contribution in [1.82, 2.24) is 4.31 Å². The summed E-state index contributed by atoms with van der Waals surface area (Å²) in [5.74, 6) is -0.933. The summed E-state index contributed by atoms with van der Waals surface area (Å²) in [7, 11) is -3.60. The van der Waals surface area contributed by atoms with Gasteiger partial charge in [0.25, 0.3) is 5.91 Å². The Hall–Kier alpha value is -2.23. The Morgan fingerprint density at radius 2 is 1.79 bits per heavy atom. The quantitative estimate of drug-likeness (QED) is 0.566. The summed E-state index contributed by atoms with van der Waals surface area (Å²) in [6.45, 7) is 6.61. The van der Waals surface area contributed by atoms with Crippen molar-refractivity contribution in [2.45, 2.75) is 38.5 Å². The fourth-order valence-electron chi connectivity index (χ4n) is 2.66. The highest BCUT2D eigenvalue weighted by Crippen LogP contribution is 2.25. The molecule has 2 aromatic rings. The van der Waals surface area contributed by atoms with Crippen LogP contribution in [-0.4, -0.2) is 44.3 Å². The summed E-state index contributed by atoms with van der Waals surface area (Å²) in [4.78, 5) is 24.6. The van der Waals surface area contributed by atoms with E-state index in [4.69, 9.17) is 4.74 Å². The molecule has 0 fully saturated rings. The molecule has 0 aliphatic heterocycles. The van der Waals surface area contributed by atoms with Gasteiger partial charge in [-0.05, 0) is 49.1 Å². The fraction of sp³-hybridized carbons (Fsp3) is 0.400. The van der Waals surface area contributed by atoms with E-state index in [9.17, 15) is 18.0 Å². The predicted octanol–water partition coefficient (Wildman–Crippen LogP) is 3.99. The van der Waals surface area contributed by atoms with Crippen molar-refractivity contribution in [3.63, 3.8) is 0 Å². The van der Waals surface area contributed by atoms with E-state index in [1.165, 1.54) is 39.9 Å². The lowest BCUT2D eigenvalue weighted by Crippen LogP contribution is -2.31. The van der Waals surface area contributed by atoms with Gasteiger partial charge in [0.05, 0.1) is 17.1 Å². The van der Waals surface area contributed by atoms with E-state index < -0.39 is 21.9 Å². The highest BCUT2D eigenvalue weighted by Gasteiger charge is 2.23. The highest BCUT2D eigenvalue weighted by atomic mass is 32.2. The number of esters is 1. The third kappa shape index (κ3) is 5.65. The van der Waals surface area contributed by atoms with Crippen molar-refractivity contribution in [1.29, 1.82) is 0 Å². The van der Waals surface area contributed by atoms with Gasteiger partial charge < -0.3 is 10.1 Å². The van der Waals surface area contributed by atoms with Crippen molar-refractivity contribution >= 4 is 38.2 Å². The molecule has 0 atom stereocenters. The lowest BCUT2D eigenvalue weighted by molar-refractivity contribution is 0.0528. The minimum absolute atomic E-state index is 0.148. The van der Waals surface area contributed by atoms with Gasteiger partial charge in [0.1, 0.15) is 5.00 Å². The second kappa shape index (κ2) is 10.5. The number of anilines is 1. The SMILES string of the molecule is CCCCN(CC)S(=O)(=O)c1ccc(C(=O)Nc2sccc2C(=O)OCC)cc1. The molecular formula is C20H26N2O5S2. The first kappa shape index (κ1) is 23.1. The lowest BCUT2D eigenvalue weighted by atomic mass is 10.2. The molecule has 7 nitrogen and oxygen atoms in total. The van der Waals surface area contributed by atoms with E-state index in [2.05, 4.69) is 5.32 Å². The van der Waals surface area contributed by atoms with Crippen LogP contribution in [0.5, 0.6) is 0 Å². The summed E-state index contributed by atoms with van der Waals surface area (Å²) in [5.41, 5.74) is 0.586. The van der Waals surface area contributed by atoms with Crippen LogP contribution in [-0.2, 0) is 14.8 Å². The lowest BCUT2D eigenvalue weighted by Gasteiger charge is -2.20. The monoisotopic (exact) mass is 438 g/mol. The molecule has 1 aromatic heterocycles. The second-order valence-corrected chi connectivity index (χ2v) is 9.07. The maximum absolute atomic E-state index is 12.8. The smallest absolute Gasteiger partial charge is 0.341 e. The van der Waals surface area contributed by atoms with Gasteiger partial charge in [-0.25, -0.2) is 13.2 Å². The zero-order chi connectivity index (χ0) is 21.4. The number of thiophene rings is 1. The van der Waals surface area contributed by atoms with Crippen LogP contribution in [0.15, 0.2) is 40.6 Å². The normalized spacial score (nSPS) is 11.4. The number of unbranched alkanes of at least 4 members (excludes halogenated alkanes) is 1. The number of benzene rings is 1. The van der Waals surface area contributed by atoms with E-state index in [0.29, 0.717) is 29.2 Å². The molecule has 1 heterocycles. The number of hydrogen-bond acceptors (Lipinski definition) is 6. The Kier molecular flexibility index (Phi) is 8.36. The van der Waals surface area contributed by atoms with Gasteiger partial charge in [-0.3, -0.25) is 4.79 Å². The van der Waals surface area contributed by atoms with Crippen molar-refractivity contribution in [3.05, 3.63) is 46.8 Å². The number of hydrogen-bond donors (Lipinski definition) is 1. The average Bonchev–Trinajstić information content (AvgIpc) is 3.17. The molecule has 0 saturated carbocycles. The topological polar surface area (TPSA) is 92.8 Å². The van der Waals surface area contributed by atoms with Gasteiger partial charge in [-0.1, -0.05) is 20.3 Å². The molecule has 0 aliphatic rings. The fourth-order valence-corrected chi connectivity index (χ4v) is 4.92. The zero-order valence-corrected chi connectivity index (χ0v) is 18.4. The number of amides is 1. The summed E-state index contributed by atoms with van der Waals surface area (Å²) in [6.07, 6.45) is 1.69. The van der Waals surface area contributed by atoms with Gasteiger partial charge >= 0.3 is 5.97 Å². The minimum atomic E-state index is -3.60. The standard InChI is InChI=1S/C20H26N2O5S2/c1-4-7-13-22(5-2)29(25,26)16-10-8-15(9-11-16)18(23)21-19-17(12-14-28-19)20(24)27-6-3/h8-12,14H,4-7,13H2,1-3H3,(H,21,23). The number of ether oxygens (including phenoxy) is 1.